The Kier molecular flexibility index (Phi) is 5.14. The number of anilines is 1. The minimum atomic E-state index is -0.812. The number of nitrogens with zero attached hydrogens (tertiary/aromatic N) is 1. The molecule has 1 unspecified atom stereocenters. The predicted octanol–water partition coefficient (Wildman–Crippen LogP) is 1.22. The normalized spacial score (nSPS) is 20.2. The third kappa shape index (κ3) is 3.51. The summed E-state index contributed by atoms with van der Waals surface area (Å²) in [6, 6.07) is 3.78. The molecule has 1 aromatic carbocycles. The molecule has 2 N–H and O–H groups in total. The Hall–Kier alpha value is -1.66. The molecule has 2 rings (SSSR count). The molecule has 2 atom stereocenters. The number of carbonyl (C=O) groups excluding carboxylic acids is 1. The first kappa shape index (κ1) is 15.7. The summed E-state index contributed by atoms with van der Waals surface area (Å²) in [5, 5.41) is 12.6. The van der Waals surface area contributed by atoms with Gasteiger partial charge in [-0.3, -0.25) is 4.79 Å². The lowest BCUT2D eigenvalue weighted by Gasteiger charge is -2.37. The topological polar surface area (TPSA) is 61.8 Å². The number of rotatable bonds is 4. The summed E-state index contributed by atoms with van der Waals surface area (Å²) in [5.41, 5.74) is 1.15. The number of morpholine rings is 1. The number of aliphatic hydroxyl groups is 1. The predicted molar refractivity (Wildman–Crippen MR) is 77.7 cm³/mol. The van der Waals surface area contributed by atoms with Gasteiger partial charge in [-0.15, -0.1) is 0 Å². The summed E-state index contributed by atoms with van der Waals surface area (Å²) < 4.78 is 18.8. The lowest BCUT2D eigenvalue weighted by molar-refractivity contribution is -0.124. The van der Waals surface area contributed by atoms with Crippen LogP contribution >= 0.6 is 0 Å². The van der Waals surface area contributed by atoms with Gasteiger partial charge < -0.3 is 20.1 Å². The second-order valence-corrected chi connectivity index (χ2v) is 5.06. The average molecular weight is 296 g/mol. The van der Waals surface area contributed by atoms with Gasteiger partial charge in [0.15, 0.2) is 0 Å². The van der Waals surface area contributed by atoms with E-state index >= 15 is 0 Å². The Morgan fingerprint density at radius 1 is 1.62 bits per heavy atom. The molecule has 116 valence electrons. The molecule has 0 bridgehead atoms. The minimum absolute atomic E-state index is 0.127. The van der Waals surface area contributed by atoms with Gasteiger partial charge in [0.05, 0.1) is 19.3 Å². The molecule has 1 saturated heterocycles. The third-order valence-corrected chi connectivity index (χ3v) is 3.53. The van der Waals surface area contributed by atoms with Gasteiger partial charge in [-0.05, 0) is 32.0 Å². The maximum Gasteiger partial charge on any atom is 0.245 e. The molecule has 1 amide bonds. The van der Waals surface area contributed by atoms with Gasteiger partial charge >= 0.3 is 0 Å². The first-order valence-corrected chi connectivity index (χ1v) is 7.14. The smallest absolute Gasteiger partial charge is 0.245 e. The molecule has 1 heterocycles. The first-order valence-electron chi connectivity index (χ1n) is 7.14. The van der Waals surface area contributed by atoms with Crippen molar-refractivity contribution in [1.82, 2.24) is 5.32 Å². The Balaban J connectivity index is 2.35. The van der Waals surface area contributed by atoms with Crippen LogP contribution in [0.3, 0.4) is 0 Å². The number of likely N-dealkylation sites (N-methyl/N-ethyl adjacent to an activating group) is 1. The van der Waals surface area contributed by atoms with Crippen molar-refractivity contribution in [3.8, 4) is 0 Å². The van der Waals surface area contributed by atoms with Crippen molar-refractivity contribution in [3.63, 3.8) is 0 Å². The lowest BCUT2D eigenvalue weighted by atomic mass is 10.0. The zero-order valence-electron chi connectivity index (χ0n) is 12.3. The van der Waals surface area contributed by atoms with Gasteiger partial charge in [-0.25, -0.2) is 4.39 Å². The molecule has 1 fully saturated rings. The number of benzene rings is 1. The van der Waals surface area contributed by atoms with E-state index in [-0.39, 0.29) is 12.5 Å². The molecule has 1 aliphatic heterocycles. The van der Waals surface area contributed by atoms with E-state index in [4.69, 9.17) is 4.74 Å². The Morgan fingerprint density at radius 3 is 3.05 bits per heavy atom. The molecule has 6 heteroatoms. The number of hydrogen-bond acceptors (Lipinski definition) is 4. The maximum absolute atomic E-state index is 13.4. The molecule has 1 aromatic rings. The van der Waals surface area contributed by atoms with Gasteiger partial charge in [0, 0.05) is 24.3 Å². The van der Waals surface area contributed by atoms with Crippen molar-refractivity contribution in [3.05, 3.63) is 29.6 Å². The van der Waals surface area contributed by atoms with Crippen LogP contribution in [0.5, 0.6) is 0 Å². The molecule has 0 saturated carbocycles. The maximum atomic E-state index is 13.4. The fourth-order valence-electron chi connectivity index (χ4n) is 2.52. The van der Waals surface area contributed by atoms with Crippen LogP contribution in [0, 0.1) is 5.82 Å². The summed E-state index contributed by atoms with van der Waals surface area (Å²) in [4.78, 5) is 14.0. The van der Waals surface area contributed by atoms with Crippen LogP contribution < -0.4 is 10.2 Å². The number of amides is 1. The highest BCUT2D eigenvalue weighted by Gasteiger charge is 2.31. The molecule has 0 aliphatic carbocycles. The summed E-state index contributed by atoms with van der Waals surface area (Å²) in [7, 11) is 0. The van der Waals surface area contributed by atoms with E-state index in [0.717, 1.165) is 0 Å². The Labute approximate surface area is 123 Å². The number of nitrogens with one attached hydrogen (secondary N) is 1. The average Bonchev–Trinajstić information content (AvgIpc) is 2.47. The van der Waals surface area contributed by atoms with E-state index in [9.17, 15) is 14.3 Å². The van der Waals surface area contributed by atoms with Gasteiger partial charge in [-0.1, -0.05) is 0 Å². The minimum Gasteiger partial charge on any atom is -0.389 e. The number of hydrogen-bond donors (Lipinski definition) is 2. The van der Waals surface area contributed by atoms with Crippen LogP contribution in [0.2, 0.25) is 0 Å². The highest BCUT2D eigenvalue weighted by molar-refractivity contribution is 5.86. The second-order valence-electron chi connectivity index (χ2n) is 5.06. The van der Waals surface area contributed by atoms with E-state index in [2.05, 4.69) is 5.32 Å². The van der Waals surface area contributed by atoms with E-state index in [1.165, 1.54) is 12.1 Å². The first-order chi connectivity index (χ1) is 10.0. The second kappa shape index (κ2) is 6.87. The summed E-state index contributed by atoms with van der Waals surface area (Å²) in [6.07, 6.45) is -0.812. The molecule has 21 heavy (non-hydrogen) atoms. The van der Waals surface area contributed by atoms with E-state index < -0.39 is 18.0 Å². The monoisotopic (exact) mass is 296 g/mol. The summed E-state index contributed by atoms with van der Waals surface area (Å²) >= 11 is 0. The number of halogens is 1. The van der Waals surface area contributed by atoms with E-state index in [1.807, 2.05) is 11.8 Å². The van der Waals surface area contributed by atoms with Crippen LogP contribution in [-0.4, -0.2) is 43.4 Å². The zero-order valence-corrected chi connectivity index (χ0v) is 12.3. The van der Waals surface area contributed by atoms with Crippen molar-refractivity contribution in [1.29, 1.82) is 0 Å². The summed E-state index contributed by atoms with van der Waals surface area (Å²) in [5.74, 6) is -0.532. The largest absolute Gasteiger partial charge is 0.389 e. The van der Waals surface area contributed by atoms with Crippen molar-refractivity contribution in [2.45, 2.75) is 26.0 Å². The van der Waals surface area contributed by atoms with Crippen LogP contribution in [0.25, 0.3) is 0 Å². The molecular weight excluding hydrogens is 275 g/mol. The molecule has 5 nitrogen and oxygen atoms in total. The fraction of sp³-hybridized carbons (Fsp3) is 0.533. The van der Waals surface area contributed by atoms with Crippen LogP contribution in [-0.2, 0) is 9.53 Å². The number of carbonyl (C=O) groups is 1. The quantitative estimate of drug-likeness (QED) is 0.877. The van der Waals surface area contributed by atoms with Gasteiger partial charge in [0.25, 0.3) is 0 Å². The molecule has 0 aromatic heterocycles. The number of ether oxygens (including phenoxy) is 1. The zero-order chi connectivity index (χ0) is 15.4. The highest BCUT2D eigenvalue weighted by Crippen LogP contribution is 2.29. The van der Waals surface area contributed by atoms with Crippen molar-refractivity contribution in [2.24, 2.45) is 0 Å². The molecule has 1 aliphatic rings. The van der Waals surface area contributed by atoms with Gasteiger partial charge in [-0.2, -0.15) is 0 Å². The molecular formula is C15H21FN2O3. The van der Waals surface area contributed by atoms with Crippen LogP contribution in [0.4, 0.5) is 10.1 Å². The lowest BCUT2D eigenvalue weighted by Crippen LogP contribution is -2.54. The van der Waals surface area contributed by atoms with Crippen LogP contribution in [0.15, 0.2) is 18.2 Å². The van der Waals surface area contributed by atoms with E-state index in [0.29, 0.717) is 30.9 Å². The molecule has 0 radical (unpaired) electrons. The molecule has 0 spiro atoms. The van der Waals surface area contributed by atoms with Gasteiger partial charge in [0.2, 0.25) is 5.91 Å². The standard InChI is InChI=1S/C15H21FN2O3/c1-3-17-15(20)14-9-21-7-6-18(14)13-5-4-11(16)8-12(13)10(2)19/h4-5,8,10,14,19H,3,6-7,9H2,1-2H3,(H,17,20)/t10-,14?/m0/s1. The van der Waals surface area contributed by atoms with Crippen molar-refractivity contribution >= 4 is 11.6 Å². The fourth-order valence-corrected chi connectivity index (χ4v) is 2.52. The van der Waals surface area contributed by atoms with Gasteiger partial charge in [0.1, 0.15) is 11.9 Å². The number of aliphatic hydroxyl groups excluding tert-OH is 1. The summed E-state index contributed by atoms with van der Waals surface area (Å²) in [6.45, 7) is 5.27. The highest BCUT2D eigenvalue weighted by atomic mass is 19.1. The van der Waals surface area contributed by atoms with Crippen molar-refractivity contribution < 1.29 is 19.0 Å². The third-order valence-electron chi connectivity index (χ3n) is 3.53. The van der Waals surface area contributed by atoms with Crippen molar-refractivity contribution in [2.75, 3.05) is 31.2 Å². The van der Waals surface area contributed by atoms with Crippen LogP contribution in [0.1, 0.15) is 25.5 Å². The Morgan fingerprint density at radius 2 is 2.38 bits per heavy atom. The Bertz CT molecular complexity index is 508. The van der Waals surface area contributed by atoms with E-state index in [1.54, 1.807) is 13.0 Å². The SMILES string of the molecule is CCNC(=O)C1COCCN1c1ccc(F)cc1[C@H](C)O.